The molecule has 30 heavy (non-hydrogen) atoms. The average molecular weight is 408 g/mol. The molecule has 0 unspecified atom stereocenters. The number of morpholine rings is 1. The molecule has 0 aliphatic carbocycles. The summed E-state index contributed by atoms with van der Waals surface area (Å²) in [6, 6.07) is 12.3. The Balaban J connectivity index is 1.59. The van der Waals surface area contributed by atoms with E-state index in [2.05, 4.69) is 4.90 Å². The number of rotatable bonds is 4. The summed E-state index contributed by atoms with van der Waals surface area (Å²) in [5.41, 5.74) is 1.19. The van der Waals surface area contributed by atoms with Crippen molar-refractivity contribution >= 4 is 16.9 Å². The van der Waals surface area contributed by atoms with E-state index in [1.165, 1.54) is 12.1 Å². The topological polar surface area (TPSA) is 63.0 Å². The second kappa shape index (κ2) is 7.66. The van der Waals surface area contributed by atoms with Crippen LogP contribution in [0.4, 0.5) is 4.39 Å². The van der Waals surface area contributed by atoms with Gasteiger partial charge in [0, 0.05) is 26.2 Å². The van der Waals surface area contributed by atoms with Gasteiger partial charge in [0.25, 0.3) is 5.91 Å². The molecule has 5 rings (SSSR count). The molecule has 7 heteroatoms. The van der Waals surface area contributed by atoms with E-state index in [9.17, 15) is 14.0 Å². The number of hydrogen-bond donors (Lipinski definition) is 0. The second-order valence-corrected chi connectivity index (χ2v) is 7.58. The molecule has 0 radical (unpaired) electrons. The van der Waals surface area contributed by atoms with Gasteiger partial charge in [-0.25, -0.2) is 4.39 Å². The highest BCUT2D eigenvalue weighted by atomic mass is 19.1. The van der Waals surface area contributed by atoms with Crippen LogP contribution in [0, 0.1) is 5.82 Å². The summed E-state index contributed by atoms with van der Waals surface area (Å²) in [7, 11) is 0. The molecule has 0 spiro atoms. The Morgan fingerprint density at radius 2 is 1.70 bits per heavy atom. The van der Waals surface area contributed by atoms with Crippen LogP contribution in [-0.2, 0) is 4.74 Å². The molecule has 6 nitrogen and oxygen atoms in total. The molecular formula is C23H21FN2O4. The van der Waals surface area contributed by atoms with Gasteiger partial charge in [0.1, 0.15) is 11.4 Å². The summed E-state index contributed by atoms with van der Waals surface area (Å²) in [4.78, 5) is 30.5. The lowest BCUT2D eigenvalue weighted by Gasteiger charge is -2.31. The zero-order chi connectivity index (χ0) is 20.7. The van der Waals surface area contributed by atoms with Crippen molar-refractivity contribution in [1.29, 1.82) is 0 Å². The van der Waals surface area contributed by atoms with Crippen molar-refractivity contribution in [3.05, 3.63) is 81.5 Å². The van der Waals surface area contributed by atoms with Crippen molar-refractivity contribution in [2.45, 2.75) is 6.04 Å². The zero-order valence-corrected chi connectivity index (χ0v) is 16.3. The third-order valence-electron chi connectivity index (χ3n) is 5.82. The Kier molecular flexibility index (Phi) is 4.84. The molecule has 3 aromatic rings. The third-order valence-corrected chi connectivity index (χ3v) is 5.82. The van der Waals surface area contributed by atoms with E-state index in [0.717, 1.165) is 13.1 Å². The van der Waals surface area contributed by atoms with Gasteiger partial charge in [-0.15, -0.1) is 0 Å². The molecule has 2 aliphatic heterocycles. The molecule has 154 valence electrons. The highest BCUT2D eigenvalue weighted by Gasteiger charge is 2.42. The van der Waals surface area contributed by atoms with E-state index >= 15 is 0 Å². The molecule has 0 bridgehead atoms. The van der Waals surface area contributed by atoms with Crippen LogP contribution in [0.5, 0.6) is 0 Å². The first-order valence-electron chi connectivity index (χ1n) is 10.1. The van der Waals surface area contributed by atoms with E-state index in [-0.39, 0.29) is 22.9 Å². The Morgan fingerprint density at radius 1 is 0.967 bits per heavy atom. The maximum Gasteiger partial charge on any atom is 0.290 e. The van der Waals surface area contributed by atoms with Crippen LogP contribution in [0.15, 0.2) is 57.7 Å². The minimum atomic E-state index is -0.602. The van der Waals surface area contributed by atoms with Gasteiger partial charge in [0.2, 0.25) is 5.76 Å². The fraction of sp³-hybridized carbons (Fsp3) is 0.304. The summed E-state index contributed by atoms with van der Waals surface area (Å²) in [5.74, 6) is -0.598. The maximum absolute atomic E-state index is 13.5. The first-order chi connectivity index (χ1) is 14.6. The molecule has 1 fully saturated rings. The van der Waals surface area contributed by atoms with Gasteiger partial charge in [0.15, 0.2) is 5.43 Å². The number of amides is 1. The quantitative estimate of drug-likeness (QED) is 0.664. The fourth-order valence-corrected chi connectivity index (χ4v) is 4.26. The smallest absolute Gasteiger partial charge is 0.290 e. The van der Waals surface area contributed by atoms with Crippen LogP contribution in [0.2, 0.25) is 0 Å². The summed E-state index contributed by atoms with van der Waals surface area (Å²) in [6.45, 7) is 4.03. The number of carbonyl (C=O) groups is 1. The molecule has 1 aromatic heterocycles. The molecular weight excluding hydrogens is 387 g/mol. The lowest BCUT2D eigenvalue weighted by atomic mass is 9.98. The minimum absolute atomic E-state index is 0.0787. The molecule has 3 heterocycles. The maximum atomic E-state index is 13.5. The predicted octanol–water partition coefficient (Wildman–Crippen LogP) is 2.81. The van der Waals surface area contributed by atoms with Crippen LogP contribution >= 0.6 is 0 Å². The Bertz CT molecular complexity index is 1150. The molecule has 2 aromatic carbocycles. The monoisotopic (exact) mass is 408 g/mol. The zero-order valence-electron chi connectivity index (χ0n) is 16.3. The highest BCUT2D eigenvalue weighted by molar-refractivity contribution is 5.99. The van der Waals surface area contributed by atoms with Crippen LogP contribution in [0.25, 0.3) is 11.0 Å². The molecule has 2 aliphatic rings. The van der Waals surface area contributed by atoms with Gasteiger partial charge in [-0.1, -0.05) is 24.3 Å². The Morgan fingerprint density at radius 3 is 2.47 bits per heavy atom. The van der Waals surface area contributed by atoms with Crippen LogP contribution < -0.4 is 5.43 Å². The highest BCUT2D eigenvalue weighted by Crippen LogP contribution is 2.38. The normalized spacial score (nSPS) is 19.4. The molecule has 1 amide bonds. The SMILES string of the molecule is O=C1c2oc3ccccc3c(=O)c2[C@H](c2ccc(F)cc2)N1CCN1CCOCC1. The van der Waals surface area contributed by atoms with Gasteiger partial charge in [-0.3, -0.25) is 14.5 Å². The van der Waals surface area contributed by atoms with Crippen LogP contribution in [0.1, 0.15) is 27.7 Å². The van der Waals surface area contributed by atoms with Crippen LogP contribution in [-0.4, -0.2) is 55.1 Å². The number of ether oxygens (including phenoxy) is 1. The van der Waals surface area contributed by atoms with E-state index in [1.54, 1.807) is 41.3 Å². The summed E-state index contributed by atoms with van der Waals surface area (Å²) < 4.78 is 24.8. The minimum Gasteiger partial charge on any atom is -0.450 e. The lowest BCUT2D eigenvalue weighted by molar-refractivity contribution is 0.0314. The number of nitrogens with zero attached hydrogens (tertiary/aromatic N) is 2. The van der Waals surface area contributed by atoms with E-state index < -0.39 is 6.04 Å². The Labute approximate surface area is 172 Å². The van der Waals surface area contributed by atoms with Crippen molar-refractivity contribution < 1.29 is 18.3 Å². The standard InChI is InChI=1S/C23H21FN2O4/c24-16-7-5-15(6-8-16)20-19-21(27)17-3-1-2-4-18(17)30-22(19)23(28)26(20)10-9-25-11-13-29-14-12-25/h1-8,20H,9-14H2/t20-/m0/s1. The van der Waals surface area contributed by atoms with Gasteiger partial charge in [0.05, 0.1) is 30.2 Å². The van der Waals surface area contributed by atoms with Crippen LogP contribution in [0.3, 0.4) is 0 Å². The predicted molar refractivity (Wildman–Crippen MR) is 109 cm³/mol. The number of halogens is 1. The van der Waals surface area contributed by atoms with E-state index in [1.807, 2.05) is 0 Å². The molecule has 1 atom stereocenters. The van der Waals surface area contributed by atoms with E-state index in [4.69, 9.17) is 9.15 Å². The molecule has 0 N–H and O–H groups in total. The number of fused-ring (bicyclic) bond motifs is 2. The van der Waals surface area contributed by atoms with Crippen molar-refractivity contribution in [2.75, 3.05) is 39.4 Å². The molecule has 1 saturated heterocycles. The number of benzene rings is 2. The summed E-state index contributed by atoms with van der Waals surface area (Å²) >= 11 is 0. The Hall–Kier alpha value is -3.03. The second-order valence-electron chi connectivity index (χ2n) is 7.58. The van der Waals surface area contributed by atoms with Crippen molar-refractivity contribution in [3.63, 3.8) is 0 Å². The number of carbonyl (C=O) groups excluding carboxylic acids is 1. The van der Waals surface area contributed by atoms with Gasteiger partial charge in [-0.05, 0) is 29.8 Å². The van der Waals surface area contributed by atoms with Gasteiger partial charge < -0.3 is 14.1 Å². The average Bonchev–Trinajstić information content (AvgIpc) is 3.06. The number of hydrogen-bond acceptors (Lipinski definition) is 5. The largest absolute Gasteiger partial charge is 0.450 e. The summed E-state index contributed by atoms with van der Waals surface area (Å²) in [6.07, 6.45) is 0. The summed E-state index contributed by atoms with van der Waals surface area (Å²) in [5, 5.41) is 0.436. The first kappa shape index (κ1) is 19.0. The van der Waals surface area contributed by atoms with Gasteiger partial charge in [-0.2, -0.15) is 0 Å². The lowest BCUT2D eigenvalue weighted by Crippen LogP contribution is -2.42. The third kappa shape index (κ3) is 3.20. The van der Waals surface area contributed by atoms with E-state index in [0.29, 0.717) is 48.4 Å². The van der Waals surface area contributed by atoms with Crippen molar-refractivity contribution in [1.82, 2.24) is 9.80 Å². The van der Waals surface area contributed by atoms with Crippen molar-refractivity contribution in [2.24, 2.45) is 0 Å². The fourth-order valence-electron chi connectivity index (χ4n) is 4.26. The number of para-hydroxylation sites is 1. The first-order valence-corrected chi connectivity index (χ1v) is 10.1. The van der Waals surface area contributed by atoms with Crippen molar-refractivity contribution in [3.8, 4) is 0 Å². The van der Waals surface area contributed by atoms with Gasteiger partial charge >= 0.3 is 0 Å². The molecule has 0 saturated carbocycles.